The summed E-state index contributed by atoms with van der Waals surface area (Å²) in [6.45, 7) is 1.95. The van der Waals surface area contributed by atoms with Gasteiger partial charge in [-0.3, -0.25) is 9.59 Å². The van der Waals surface area contributed by atoms with Crippen LogP contribution in [0, 0.1) is 0 Å². The molecule has 0 aromatic carbocycles. The molecule has 1 fully saturated rings. The Morgan fingerprint density at radius 1 is 1.50 bits per heavy atom. The van der Waals surface area contributed by atoms with E-state index in [9.17, 15) is 14.0 Å². The van der Waals surface area contributed by atoms with Crippen molar-refractivity contribution in [2.75, 3.05) is 13.2 Å². The minimum Gasteiger partial charge on any atom is -0.480 e. The van der Waals surface area contributed by atoms with Crippen molar-refractivity contribution in [3.63, 3.8) is 0 Å². The van der Waals surface area contributed by atoms with Gasteiger partial charge >= 0.3 is 5.97 Å². The Morgan fingerprint density at radius 3 is 2.56 bits per heavy atom. The van der Waals surface area contributed by atoms with Gasteiger partial charge in [0.05, 0.1) is 6.42 Å². The molecule has 0 radical (unpaired) electrons. The molecule has 0 unspecified atom stereocenters. The van der Waals surface area contributed by atoms with Gasteiger partial charge in [0.25, 0.3) is 0 Å². The van der Waals surface area contributed by atoms with Gasteiger partial charge in [0.15, 0.2) is 0 Å². The molecule has 0 saturated carbocycles. The van der Waals surface area contributed by atoms with Crippen LogP contribution in [0.25, 0.3) is 0 Å². The minimum atomic E-state index is -1.56. The van der Waals surface area contributed by atoms with Crippen LogP contribution >= 0.6 is 0 Å². The van der Waals surface area contributed by atoms with Crippen LogP contribution in [-0.2, 0) is 14.3 Å². The molecule has 0 aromatic heterocycles. The number of amides is 1. The van der Waals surface area contributed by atoms with Crippen molar-refractivity contribution in [3.8, 4) is 0 Å². The molecule has 6 heteroatoms. The van der Waals surface area contributed by atoms with Gasteiger partial charge < -0.3 is 15.2 Å². The van der Waals surface area contributed by atoms with Gasteiger partial charge in [-0.2, -0.15) is 0 Å². The standard InChI is InChI=1S/C10H16FNO4/c1-7(9(14)15)12-8(13)6-10(11)2-4-16-5-3-10/h7H,2-6H2,1H3,(H,12,13)(H,14,15)/t7-/m0/s1. The summed E-state index contributed by atoms with van der Waals surface area (Å²) >= 11 is 0. The maximum absolute atomic E-state index is 14.0. The molecule has 2 N–H and O–H groups in total. The normalized spacial score (nSPS) is 21.1. The Balaban J connectivity index is 2.41. The third-order valence-electron chi connectivity index (χ3n) is 2.61. The molecule has 1 saturated heterocycles. The van der Waals surface area contributed by atoms with Crippen LogP contribution < -0.4 is 5.32 Å². The van der Waals surface area contributed by atoms with E-state index < -0.39 is 23.6 Å². The molecule has 1 atom stereocenters. The number of carbonyl (C=O) groups is 2. The average Bonchev–Trinajstić information content (AvgIpc) is 2.17. The molecule has 1 heterocycles. The molecule has 0 spiro atoms. The van der Waals surface area contributed by atoms with Crippen LogP contribution in [0.3, 0.4) is 0 Å². The molecule has 5 nitrogen and oxygen atoms in total. The fraction of sp³-hybridized carbons (Fsp3) is 0.800. The summed E-state index contributed by atoms with van der Waals surface area (Å²) < 4.78 is 19.0. The number of carboxylic acids is 1. The Bertz CT molecular complexity index is 276. The summed E-state index contributed by atoms with van der Waals surface area (Å²) in [4.78, 5) is 21.9. The fourth-order valence-corrected chi connectivity index (χ4v) is 1.56. The second-order valence-electron chi connectivity index (χ2n) is 4.07. The summed E-state index contributed by atoms with van der Waals surface area (Å²) in [7, 11) is 0. The van der Waals surface area contributed by atoms with Crippen LogP contribution in [0.1, 0.15) is 26.2 Å². The molecule has 16 heavy (non-hydrogen) atoms. The Labute approximate surface area is 93.0 Å². The van der Waals surface area contributed by atoms with E-state index in [1.165, 1.54) is 6.92 Å². The monoisotopic (exact) mass is 233 g/mol. The first-order valence-electron chi connectivity index (χ1n) is 5.22. The third kappa shape index (κ3) is 3.77. The van der Waals surface area contributed by atoms with Gasteiger partial charge in [-0.15, -0.1) is 0 Å². The van der Waals surface area contributed by atoms with Crippen molar-refractivity contribution >= 4 is 11.9 Å². The first kappa shape index (κ1) is 12.9. The zero-order valence-electron chi connectivity index (χ0n) is 9.16. The highest BCUT2D eigenvalue weighted by atomic mass is 19.1. The van der Waals surface area contributed by atoms with E-state index in [1.807, 2.05) is 0 Å². The maximum atomic E-state index is 14.0. The molecule has 92 valence electrons. The second-order valence-corrected chi connectivity index (χ2v) is 4.07. The number of halogens is 1. The predicted molar refractivity (Wildman–Crippen MR) is 53.7 cm³/mol. The fourth-order valence-electron chi connectivity index (χ4n) is 1.56. The number of nitrogens with one attached hydrogen (secondary N) is 1. The average molecular weight is 233 g/mol. The van der Waals surface area contributed by atoms with E-state index in [0.717, 1.165) is 0 Å². The van der Waals surface area contributed by atoms with Gasteiger partial charge in [0.1, 0.15) is 11.7 Å². The number of rotatable bonds is 4. The van der Waals surface area contributed by atoms with Crippen molar-refractivity contribution in [1.82, 2.24) is 5.32 Å². The quantitative estimate of drug-likeness (QED) is 0.740. The van der Waals surface area contributed by atoms with Crippen LogP contribution in [0.5, 0.6) is 0 Å². The van der Waals surface area contributed by atoms with Crippen molar-refractivity contribution in [3.05, 3.63) is 0 Å². The summed E-state index contributed by atoms with van der Waals surface area (Å²) in [6, 6.07) is -0.990. The number of carbonyl (C=O) groups excluding carboxylic acids is 1. The van der Waals surface area contributed by atoms with E-state index in [4.69, 9.17) is 9.84 Å². The van der Waals surface area contributed by atoms with Gasteiger partial charge in [-0.1, -0.05) is 0 Å². The topological polar surface area (TPSA) is 75.6 Å². The zero-order chi connectivity index (χ0) is 12.2. The van der Waals surface area contributed by atoms with Gasteiger partial charge in [-0.05, 0) is 6.92 Å². The van der Waals surface area contributed by atoms with E-state index in [2.05, 4.69) is 5.32 Å². The number of carboxylic acid groups (broad SMARTS) is 1. The largest absolute Gasteiger partial charge is 0.480 e. The first-order chi connectivity index (χ1) is 7.43. The number of aliphatic carboxylic acids is 1. The molecular weight excluding hydrogens is 217 g/mol. The highest BCUT2D eigenvalue weighted by Crippen LogP contribution is 2.28. The molecule has 0 bridgehead atoms. The predicted octanol–water partition coefficient (Wildman–Crippen LogP) is 0.484. The smallest absolute Gasteiger partial charge is 0.325 e. The van der Waals surface area contributed by atoms with E-state index in [1.54, 1.807) is 0 Å². The molecule has 1 aliphatic heterocycles. The molecular formula is C10H16FNO4. The number of hydrogen-bond acceptors (Lipinski definition) is 3. The Morgan fingerprint density at radius 2 is 2.06 bits per heavy atom. The van der Waals surface area contributed by atoms with Crippen LogP contribution in [0.15, 0.2) is 0 Å². The van der Waals surface area contributed by atoms with E-state index in [0.29, 0.717) is 13.2 Å². The van der Waals surface area contributed by atoms with Gasteiger partial charge in [0.2, 0.25) is 5.91 Å². The van der Waals surface area contributed by atoms with Crippen molar-refractivity contribution in [2.45, 2.75) is 37.9 Å². The summed E-state index contributed by atoms with van der Waals surface area (Å²) in [5.41, 5.74) is -1.56. The Hall–Kier alpha value is -1.17. The van der Waals surface area contributed by atoms with Gasteiger partial charge in [-0.25, -0.2) is 4.39 Å². The highest BCUT2D eigenvalue weighted by Gasteiger charge is 2.35. The lowest BCUT2D eigenvalue weighted by Crippen LogP contribution is -2.43. The first-order valence-corrected chi connectivity index (χ1v) is 5.22. The van der Waals surface area contributed by atoms with Crippen molar-refractivity contribution in [1.29, 1.82) is 0 Å². The lowest BCUT2D eigenvalue weighted by Gasteiger charge is -2.29. The summed E-state index contributed by atoms with van der Waals surface area (Å²) in [5.74, 6) is -1.70. The third-order valence-corrected chi connectivity index (χ3v) is 2.61. The molecule has 1 rings (SSSR count). The van der Waals surface area contributed by atoms with Crippen LogP contribution in [-0.4, -0.2) is 41.9 Å². The second kappa shape index (κ2) is 5.25. The molecule has 1 amide bonds. The minimum absolute atomic E-state index is 0.182. The summed E-state index contributed by atoms with van der Waals surface area (Å²) in [6.07, 6.45) is 0.0672. The SMILES string of the molecule is C[C@H](NC(=O)CC1(F)CCOCC1)C(=O)O. The highest BCUT2D eigenvalue weighted by molar-refractivity contribution is 5.83. The summed E-state index contributed by atoms with van der Waals surface area (Å²) in [5, 5.41) is 10.8. The Kier molecular flexibility index (Phi) is 4.23. The molecule has 0 aliphatic carbocycles. The lowest BCUT2D eigenvalue weighted by molar-refractivity contribution is -0.142. The number of hydrogen-bond donors (Lipinski definition) is 2. The van der Waals surface area contributed by atoms with Crippen LogP contribution in [0.2, 0.25) is 0 Å². The lowest BCUT2D eigenvalue weighted by atomic mass is 9.92. The van der Waals surface area contributed by atoms with Gasteiger partial charge in [0, 0.05) is 26.1 Å². The van der Waals surface area contributed by atoms with E-state index in [-0.39, 0.29) is 19.3 Å². The van der Waals surface area contributed by atoms with Crippen molar-refractivity contribution in [2.24, 2.45) is 0 Å². The van der Waals surface area contributed by atoms with Crippen LogP contribution in [0.4, 0.5) is 4.39 Å². The zero-order valence-corrected chi connectivity index (χ0v) is 9.16. The number of alkyl halides is 1. The molecule has 0 aromatic rings. The van der Waals surface area contributed by atoms with E-state index >= 15 is 0 Å². The number of ether oxygens (including phenoxy) is 1. The molecule has 1 aliphatic rings. The maximum Gasteiger partial charge on any atom is 0.325 e. The van der Waals surface area contributed by atoms with Crippen molar-refractivity contribution < 1.29 is 23.8 Å².